The van der Waals surface area contributed by atoms with Crippen LogP contribution in [0.3, 0.4) is 0 Å². The molecule has 1 fully saturated rings. The molecule has 6 nitrogen and oxygen atoms in total. The number of para-hydroxylation sites is 1. The van der Waals surface area contributed by atoms with E-state index < -0.39 is 30.0 Å². The van der Waals surface area contributed by atoms with Crippen molar-refractivity contribution in [2.24, 2.45) is 0 Å². The molecule has 2 unspecified atom stereocenters. The number of halogens is 3. The number of nitrogen functional groups attached to an aromatic ring is 1. The van der Waals surface area contributed by atoms with E-state index in [9.17, 15) is 22.8 Å². The number of hydrogen-bond acceptors (Lipinski definition) is 4. The van der Waals surface area contributed by atoms with E-state index in [1.165, 1.54) is 6.07 Å². The van der Waals surface area contributed by atoms with Gasteiger partial charge >= 0.3 is 6.18 Å². The van der Waals surface area contributed by atoms with E-state index in [4.69, 9.17) is 5.73 Å². The lowest BCUT2D eigenvalue weighted by molar-refractivity contribution is -0.164. The Morgan fingerprint density at radius 3 is 2.71 bits per heavy atom. The average Bonchev–Trinajstić information content (AvgIpc) is 2.86. The first kappa shape index (κ1) is 16.3. The molecular weight excluding hydrogens is 325 g/mol. The number of benzene rings is 1. The number of carbonyl (C=O) groups excluding carboxylic acids is 2. The van der Waals surface area contributed by atoms with Crippen LogP contribution in [-0.4, -0.2) is 27.8 Å². The highest BCUT2D eigenvalue weighted by Crippen LogP contribution is 2.38. The zero-order chi connectivity index (χ0) is 17.6. The zero-order valence-electron chi connectivity index (χ0n) is 12.7. The number of nitrogens with zero attached hydrogens (tertiary/aromatic N) is 2. The van der Waals surface area contributed by atoms with Gasteiger partial charge in [-0.3, -0.25) is 19.6 Å². The van der Waals surface area contributed by atoms with E-state index in [1.54, 1.807) is 12.1 Å². The molecule has 0 spiro atoms. The molecule has 3 N–H and O–H groups in total. The van der Waals surface area contributed by atoms with Gasteiger partial charge in [0.2, 0.25) is 11.8 Å². The predicted molar refractivity (Wildman–Crippen MR) is 80.0 cm³/mol. The standard InChI is InChI=1S/C15H15F3N4O2/c1-7(15(16,17)18)22-13-8(3-2-4-10(13)19)12(21-22)9-5-6-11(23)20-14(9)24/h2-4,7,9H,5-6,19H2,1H3,(H,20,23,24). The zero-order valence-corrected chi connectivity index (χ0v) is 12.7. The Labute approximate surface area is 134 Å². The van der Waals surface area contributed by atoms with E-state index in [0.717, 1.165) is 11.6 Å². The lowest BCUT2D eigenvalue weighted by Crippen LogP contribution is -2.39. The Bertz CT molecular complexity index is 828. The molecule has 9 heteroatoms. The Balaban J connectivity index is 2.18. The molecule has 0 saturated carbocycles. The molecule has 2 amide bonds. The molecule has 0 bridgehead atoms. The van der Waals surface area contributed by atoms with Crippen LogP contribution < -0.4 is 11.1 Å². The van der Waals surface area contributed by atoms with E-state index in [0.29, 0.717) is 5.39 Å². The van der Waals surface area contributed by atoms with Crippen LogP contribution in [0.25, 0.3) is 10.9 Å². The molecule has 3 rings (SSSR count). The molecule has 2 heterocycles. The Kier molecular flexibility index (Phi) is 3.73. The quantitative estimate of drug-likeness (QED) is 0.648. The highest BCUT2D eigenvalue weighted by molar-refractivity contribution is 6.03. The van der Waals surface area contributed by atoms with Crippen molar-refractivity contribution in [2.45, 2.75) is 37.9 Å². The van der Waals surface area contributed by atoms with Crippen LogP contribution in [0.1, 0.15) is 37.4 Å². The molecule has 0 aliphatic carbocycles. The van der Waals surface area contributed by atoms with E-state index in [1.807, 2.05) is 0 Å². The third kappa shape index (κ3) is 2.59. The van der Waals surface area contributed by atoms with Crippen LogP contribution in [-0.2, 0) is 9.59 Å². The van der Waals surface area contributed by atoms with Crippen molar-refractivity contribution < 1.29 is 22.8 Å². The summed E-state index contributed by atoms with van der Waals surface area (Å²) in [6.45, 7) is 0.979. The topological polar surface area (TPSA) is 90.0 Å². The van der Waals surface area contributed by atoms with Crippen molar-refractivity contribution in [3.63, 3.8) is 0 Å². The van der Waals surface area contributed by atoms with Crippen LogP contribution in [0.5, 0.6) is 0 Å². The number of anilines is 1. The van der Waals surface area contributed by atoms with Gasteiger partial charge in [0.15, 0.2) is 0 Å². The maximum atomic E-state index is 13.1. The molecular formula is C15H15F3N4O2. The largest absolute Gasteiger partial charge is 0.410 e. The van der Waals surface area contributed by atoms with Crippen molar-refractivity contribution in [1.29, 1.82) is 0 Å². The predicted octanol–water partition coefficient (Wildman–Crippen LogP) is 2.26. The van der Waals surface area contributed by atoms with E-state index >= 15 is 0 Å². The summed E-state index contributed by atoms with van der Waals surface area (Å²) in [6, 6.07) is 2.76. The fraction of sp³-hybridized carbons (Fsp3) is 0.400. The maximum Gasteiger partial charge on any atom is 0.410 e. The number of nitrogens with one attached hydrogen (secondary N) is 1. The van der Waals surface area contributed by atoms with E-state index in [-0.39, 0.29) is 29.7 Å². The molecule has 1 aliphatic heterocycles. The van der Waals surface area contributed by atoms with Gasteiger partial charge in [0.05, 0.1) is 22.8 Å². The third-order valence-corrected chi connectivity index (χ3v) is 4.20. The smallest absolute Gasteiger partial charge is 0.397 e. The molecule has 1 saturated heterocycles. The van der Waals surface area contributed by atoms with E-state index in [2.05, 4.69) is 10.4 Å². The van der Waals surface area contributed by atoms with Gasteiger partial charge in [0, 0.05) is 11.8 Å². The van der Waals surface area contributed by atoms with Gasteiger partial charge in [0.25, 0.3) is 0 Å². The first-order valence-electron chi connectivity index (χ1n) is 7.37. The number of carbonyl (C=O) groups is 2. The first-order valence-corrected chi connectivity index (χ1v) is 7.37. The highest BCUT2D eigenvalue weighted by Gasteiger charge is 2.40. The summed E-state index contributed by atoms with van der Waals surface area (Å²) in [5.74, 6) is -1.74. The lowest BCUT2D eigenvalue weighted by atomic mass is 9.93. The van der Waals surface area contributed by atoms with Crippen molar-refractivity contribution in [3.8, 4) is 0 Å². The van der Waals surface area contributed by atoms with Crippen LogP contribution in [0.4, 0.5) is 18.9 Å². The van der Waals surface area contributed by atoms with Gasteiger partial charge in [-0.2, -0.15) is 18.3 Å². The minimum atomic E-state index is -4.51. The fourth-order valence-corrected chi connectivity index (χ4v) is 2.87. The molecule has 1 aliphatic rings. The monoisotopic (exact) mass is 340 g/mol. The molecule has 2 atom stereocenters. The van der Waals surface area contributed by atoms with Gasteiger partial charge in [-0.05, 0) is 19.4 Å². The average molecular weight is 340 g/mol. The Hall–Kier alpha value is -2.58. The number of fused-ring (bicyclic) bond motifs is 1. The number of alkyl halides is 3. The molecule has 128 valence electrons. The molecule has 1 aromatic carbocycles. The minimum Gasteiger partial charge on any atom is -0.397 e. The number of imide groups is 1. The summed E-state index contributed by atoms with van der Waals surface area (Å²) in [4.78, 5) is 23.4. The minimum absolute atomic E-state index is 0.113. The summed E-state index contributed by atoms with van der Waals surface area (Å²) in [7, 11) is 0. The number of piperidine rings is 1. The molecule has 0 radical (unpaired) electrons. The van der Waals surface area contributed by atoms with Gasteiger partial charge in [-0.15, -0.1) is 0 Å². The van der Waals surface area contributed by atoms with Crippen molar-refractivity contribution in [1.82, 2.24) is 15.1 Å². The maximum absolute atomic E-state index is 13.1. The highest BCUT2D eigenvalue weighted by atomic mass is 19.4. The summed E-state index contributed by atoms with van der Waals surface area (Å²) in [5.41, 5.74) is 6.35. The second-order valence-electron chi connectivity index (χ2n) is 5.79. The van der Waals surface area contributed by atoms with Crippen LogP contribution in [0.2, 0.25) is 0 Å². The van der Waals surface area contributed by atoms with Crippen molar-refractivity contribution >= 4 is 28.4 Å². The number of amides is 2. The number of rotatable bonds is 2. The van der Waals surface area contributed by atoms with Crippen LogP contribution in [0.15, 0.2) is 18.2 Å². The number of aromatic nitrogens is 2. The Morgan fingerprint density at radius 2 is 2.08 bits per heavy atom. The number of nitrogens with two attached hydrogens (primary N) is 1. The lowest BCUT2D eigenvalue weighted by Gasteiger charge is -2.20. The summed E-state index contributed by atoms with van der Waals surface area (Å²) in [6.07, 6.45) is -4.20. The summed E-state index contributed by atoms with van der Waals surface area (Å²) < 4.78 is 40.3. The molecule has 1 aromatic heterocycles. The van der Waals surface area contributed by atoms with Crippen molar-refractivity contribution in [3.05, 3.63) is 23.9 Å². The second kappa shape index (κ2) is 5.50. The Morgan fingerprint density at radius 1 is 1.38 bits per heavy atom. The second-order valence-corrected chi connectivity index (χ2v) is 5.79. The third-order valence-electron chi connectivity index (χ3n) is 4.20. The van der Waals surface area contributed by atoms with Gasteiger partial charge in [-0.1, -0.05) is 12.1 Å². The number of hydrogen-bond donors (Lipinski definition) is 2. The van der Waals surface area contributed by atoms with Gasteiger partial charge in [-0.25, -0.2) is 0 Å². The van der Waals surface area contributed by atoms with Crippen LogP contribution >= 0.6 is 0 Å². The van der Waals surface area contributed by atoms with Gasteiger partial charge < -0.3 is 5.73 Å². The normalized spacial score (nSPS) is 20.2. The summed E-state index contributed by atoms with van der Waals surface area (Å²) >= 11 is 0. The van der Waals surface area contributed by atoms with Gasteiger partial charge in [0.1, 0.15) is 6.04 Å². The SMILES string of the molecule is CC(n1nc(C2CCC(=O)NC2=O)c2cccc(N)c21)C(F)(F)F. The summed E-state index contributed by atoms with van der Waals surface area (Å²) in [5, 5.41) is 6.64. The first-order chi connectivity index (χ1) is 11.2. The fourth-order valence-electron chi connectivity index (χ4n) is 2.87. The van der Waals surface area contributed by atoms with Crippen molar-refractivity contribution in [2.75, 3.05) is 5.73 Å². The molecule has 24 heavy (non-hydrogen) atoms. The molecule has 2 aromatic rings. The van der Waals surface area contributed by atoms with Crippen LogP contribution in [0, 0.1) is 0 Å².